The van der Waals surface area contributed by atoms with E-state index in [-0.39, 0.29) is 5.78 Å². The number of aliphatic hydroxyl groups excluding tert-OH is 2. The maximum atomic E-state index is 11.9. The van der Waals surface area contributed by atoms with Gasteiger partial charge in [-0.3, -0.25) is 4.79 Å². The number of carbonyl (C=O) groups excluding carboxylic acids is 1. The van der Waals surface area contributed by atoms with E-state index in [9.17, 15) is 15.0 Å². The van der Waals surface area contributed by atoms with Gasteiger partial charge in [0.15, 0.2) is 5.78 Å². The van der Waals surface area contributed by atoms with Crippen LogP contribution in [0.1, 0.15) is 50.4 Å². The van der Waals surface area contributed by atoms with Gasteiger partial charge in [0.1, 0.15) is 6.10 Å². The quantitative estimate of drug-likeness (QED) is 0.145. The van der Waals surface area contributed by atoms with E-state index in [4.69, 9.17) is 0 Å². The minimum atomic E-state index is -1.08. The van der Waals surface area contributed by atoms with E-state index in [2.05, 4.69) is 36.4 Å². The highest BCUT2D eigenvalue weighted by Crippen LogP contribution is 2.48. The molecule has 0 heterocycles. The number of rotatable bonds is 8. The lowest BCUT2D eigenvalue weighted by molar-refractivity contribution is 0.0747. The SMILES string of the molecule is O=C(c1ccccc1)C(O)c1ccccc1.OC(c1ccccc1)C(c1ccccc1)(c1ccccc1)c1ccccc1. The van der Waals surface area contributed by atoms with Crippen LogP contribution in [-0.4, -0.2) is 16.0 Å². The molecule has 0 saturated heterocycles. The van der Waals surface area contributed by atoms with E-state index in [1.54, 1.807) is 48.5 Å². The summed E-state index contributed by atoms with van der Waals surface area (Å²) < 4.78 is 0. The van der Waals surface area contributed by atoms with Crippen molar-refractivity contribution in [3.63, 3.8) is 0 Å². The number of hydrogen-bond acceptors (Lipinski definition) is 3. The van der Waals surface area contributed by atoms with Crippen molar-refractivity contribution >= 4 is 5.78 Å². The summed E-state index contributed by atoms with van der Waals surface area (Å²) in [4.78, 5) is 11.9. The van der Waals surface area contributed by atoms with Crippen molar-refractivity contribution < 1.29 is 15.0 Å². The molecule has 2 N–H and O–H groups in total. The standard InChI is InChI=1S/C26H22O.C14H12O2/c27-25(21-13-5-1-6-14-21)26(22-15-7-2-8-16-22,23-17-9-3-10-18-23)24-19-11-4-12-20-24;15-13(11-7-3-1-4-8-11)14(16)12-9-5-2-6-10-12/h1-20,25,27H;1-10,13,15H. The van der Waals surface area contributed by atoms with Crippen molar-refractivity contribution in [3.05, 3.63) is 215 Å². The lowest BCUT2D eigenvalue weighted by Gasteiger charge is -2.40. The van der Waals surface area contributed by atoms with Gasteiger partial charge < -0.3 is 10.2 Å². The Labute approximate surface area is 253 Å². The molecule has 2 atom stereocenters. The first kappa shape index (κ1) is 29.4. The van der Waals surface area contributed by atoms with E-state index in [1.807, 2.05) is 97.1 Å². The predicted octanol–water partition coefficient (Wildman–Crippen LogP) is 8.36. The van der Waals surface area contributed by atoms with E-state index in [0.717, 1.165) is 22.3 Å². The highest BCUT2D eigenvalue weighted by molar-refractivity contribution is 5.99. The molecule has 0 radical (unpaired) electrons. The fraction of sp³-hybridized carbons (Fsp3) is 0.0750. The number of aliphatic hydroxyl groups is 2. The van der Waals surface area contributed by atoms with Crippen LogP contribution in [0.3, 0.4) is 0 Å². The van der Waals surface area contributed by atoms with Crippen LogP contribution in [0.5, 0.6) is 0 Å². The molecule has 0 bridgehead atoms. The summed E-state index contributed by atoms with van der Waals surface area (Å²) in [7, 11) is 0. The zero-order valence-electron chi connectivity index (χ0n) is 23.8. The van der Waals surface area contributed by atoms with E-state index >= 15 is 0 Å². The summed E-state index contributed by atoms with van der Waals surface area (Å²) >= 11 is 0. The van der Waals surface area contributed by atoms with Crippen molar-refractivity contribution in [1.29, 1.82) is 0 Å². The van der Waals surface area contributed by atoms with Crippen LogP contribution in [0.4, 0.5) is 0 Å². The van der Waals surface area contributed by atoms with E-state index in [1.165, 1.54) is 0 Å². The summed E-state index contributed by atoms with van der Waals surface area (Å²) in [5, 5.41) is 21.7. The molecule has 3 heteroatoms. The lowest BCUT2D eigenvalue weighted by atomic mass is 9.64. The van der Waals surface area contributed by atoms with Crippen molar-refractivity contribution in [2.75, 3.05) is 0 Å². The predicted molar refractivity (Wildman–Crippen MR) is 173 cm³/mol. The Kier molecular flexibility index (Phi) is 9.71. The Bertz CT molecular complexity index is 1580. The largest absolute Gasteiger partial charge is 0.387 e. The van der Waals surface area contributed by atoms with Crippen molar-refractivity contribution in [1.82, 2.24) is 0 Å². The number of hydrogen-bond donors (Lipinski definition) is 2. The Morgan fingerprint density at radius 2 is 0.721 bits per heavy atom. The number of ketones is 1. The average molecular weight is 563 g/mol. The fourth-order valence-corrected chi connectivity index (χ4v) is 5.51. The highest BCUT2D eigenvalue weighted by Gasteiger charge is 2.43. The normalized spacial score (nSPS) is 12.3. The monoisotopic (exact) mass is 562 g/mol. The molecule has 6 aromatic carbocycles. The van der Waals surface area contributed by atoms with Crippen LogP contribution in [-0.2, 0) is 5.41 Å². The van der Waals surface area contributed by atoms with E-state index < -0.39 is 17.6 Å². The first-order valence-electron chi connectivity index (χ1n) is 14.3. The van der Waals surface area contributed by atoms with Crippen LogP contribution in [0.15, 0.2) is 182 Å². The molecular weight excluding hydrogens is 528 g/mol. The topological polar surface area (TPSA) is 57.5 Å². The molecule has 0 aromatic heterocycles. The molecule has 0 aliphatic carbocycles. The summed E-state index contributed by atoms with van der Waals surface area (Å²) in [6, 6.07) is 58.5. The summed E-state index contributed by atoms with van der Waals surface area (Å²) in [5.74, 6) is -0.271. The summed E-state index contributed by atoms with van der Waals surface area (Å²) in [6.45, 7) is 0. The Balaban J connectivity index is 0.000000196. The molecule has 0 fully saturated rings. The maximum absolute atomic E-state index is 11.9. The zero-order valence-corrected chi connectivity index (χ0v) is 23.8. The van der Waals surface area contributed by atoms with Crippen molar-refractivity contribution in [2.24, 2.45) is 0 Å². The zero-order chi connectivity index (χ0) is 29.9. The summed E-state index contributed by atoms with van der Waals surface area (Å²) in [6.07, 6.45) is -1.81. The van der Waals surface area contributed by atoms with Gasteiger partial charge in [-0.2, -0.15) is 0 Å². The molecule has 0 aliphatic heterocycles. The summed E-state index contributed by atoms with van der Waals surface area (Å²) in [5.41, 5.74) is 4.55. The van der Waals surface area contributed by atoms with Gasteiger partial charge in [-0.15, -0.1) is 0 Å². The molecule has 0 spiro atoms. The van der Waals surface area contributed by atoms with Crippen LogP contribution in [0.2, 0.25) is 0 Å². The Morgan fingerprint density at radius 3 is 1.09 bits per heavy atom. The van der Waals surface area contributed by atoms with Gasteiger partial charge in [0.2, 0.25) is 0 Å². The van der Waals surface area contributed by atoms with Gasteiger partial charge in [-0.05, 0) is 27.8 Å². The Hall–Kier alpha value is -5.09. The van der Waals surface area contributed by atoms with Crippen LogP contribution in [0, 0.1) is 0 Å². The van der Waals surface area contributed by atoms with Gasteiger partial charge >= 0.3 is 0 Å². The fourth-order valence-electron chi connectivity index (χ4n) is 5.51. The molecule has 6 aromatic rings. The highest BCUT2D eigenvalue weighted by atomic mass is 16.3. The molecular formula is C40H34O3. The number of Topliss-reactive ketones (excluding diaryl/α,β-unsaturated/α-hetero) is 1. The lowest BCUT2D eigenvalue weighted by Crippen LogP contribution is -2.36. The van der Waals surface area contributed by atoms with Crippen LogP contribution >= 0.6 is 0 Å². The molecule has 6 rings (SSSR count). The Morgan fingerprint density at radius 1 is 0.419 bits per heavy atom. The molecule has 0 amide bonds. The second kappa shape index (κ2) is 14.2. The molecule has 3 nitrogen and oxygen atoms in total. The smallest absolute Gasteiger partial charge is 0.195 e. The second-order valence-electron chi connectivity index (χ2n) is 10.3. The maximum Gasteiger partial charge on any atom is 0.195 e. The third kappa shape index (κ3) is 6.54. The van der Waals surface area contributed by atoms with E-state index in [0.29, 0.717) is 11.1 Å². The van der Waals surface area contributed by atoms with Crippen molar-refractivity contribution in [2.45, 2.75) is 17.6 Å². The van der Waals surface area contributed by atoms with Gasteiger partial charge in [-0.1, -0.05) is 182 Å². The molecule has 0 aliphatic rings. The van der Waals surface area contributed by atoms with Gasteiger partial charge in [0.05, 0.1) is 11.5 Å². The van der Waals surface area contributed by atoms with Gasteiger partial charge in [0, 0.05) is 5.56 Å². The minimum absolute atomic E-state index is 0.271. The third-order valence-electron chi connectivity index (χ3n) is 7.63. The molecule has 0 saturated carbocycles. The molecule has 212 valence electrons. The first-order chi connectivity index (χ1) is 21.1. The molecule has 2 unspecified atom stereocenters. The molecule has 43 heavy (non-hydrogen) atoms. The van der Waals surface area contributed by atoms with Crippen molar-refractivity contribution in [3.8, 4) is 0 Å². The minimum Gasteiger partial charge on any atom is -0.387 e. The second-order valence-corrected chi connectivity index (χ2v) is 10.3. The van der Waals surface area contributed by atoms with Crippen LogP contribution < -0.4 is 0 Å². The van der Waals surface area contributed by atoms with Gasteiger partial charge in [-0.25, -0.2) is 0 Å². The number of benzene rings is 6. The average Bonchev–Trinajstić information content (AvgIpc) is 3.11. The number of carbonyl (C=O) groups is 1. The van der Waals surface area contributed by atoms with Gasteiger partial charge in [0.25, 0.3) is 0 Å². The first-order valence-corrected chi connectivity index (χ1v) is 14.3. The third-order valence-corrected chi connectivity index (χ3v) is 7.63. The van der Waals surface area contributed by atoms with Crippen LogP contribution in [0.25, 0.3) is 0 Å².